The number of hydrogen-bond acceptors (Lipinski definition) is 12. The van der Waals surface area contributed by atoms with E-state index in [-0.39, 0.29) is 17.1 Å². The monoisotopic (exact) mass is 1100 g/mol. The fourth-order valence-electron chi connectivity index (χ4n) is 15.0. The van der Waals surface area contributed by atoms with Crippen LogP contribution in [-0.2, 0) is 17.1 Å². The molecule has 5 aliphatic heterocycles. The number of para-hydroxylation sites is 4. The van der Waals surface area contributed by atoms with Gasteiger partial charge in [-0.3, -0.25) is 42.5 Å². The topological polar surface area (TPSA) is 177 Å². The number of aromatic hydroxyl groups is 4. The Kier molecular flexibility index (Phi) is 21.0. The van der Waals surface area contributed by atoms with Crippen LogP contribution in [0.15, 0.2) is 72.8 Å². The van der Waals surface area contributed by atoms with E-state index in [1.54, 1.807) is 0 Å². The predicted octanol–water partition coefficient (Wildman–Crippen LogP) is 10.5. The fourth-order valence-corrected chi connectivity index (χ4v) is 15.0. The second-order valence-electron chi connectivity index (χ2n) is 24.4. The zero-order chi connectivity index (χ0) is 53.6. The van der Waals surface area contributed by atoms with Crippen LogP contribution in [0.2, 0.25) is 0 Å². The van der Waals surface area contributed by atoms with Gasteiger partial charge in [-0.1, -0.05) is 124 Å². The molecule has 0 amide bonds. The van der Waals surface area contributed by atoms with Gasteiger partial charge in [0.25, 0.3) is 0 Å². The SMILES string of the molecule is Cc1cccc(C)c1O.Cc1cccc(C)c1O.Cc1cccc(C)c1O.Cc1cccc(C)c1O.[CH-]1CCCC2C3NC(NC4NC(NC5NC(NC6NC(N3)C3CCCCC63)C3CCCCC53)C3CCCCC43)C12.[Cu+]. The van der Waals surface area contributed by atoms with Crippen molar-refractivity contribution >= 4 is 0 Å². The van der Waals surface area contributed by atoms with E-state index in [0.717, 1.165) is 80.0 Å². The summed E-state index contributed by atoms with van der Waals surface area (Å²) < 4.78 is 0. The fraction of sp³-hybridized carbons (Fsp3) is 0.609. The number of phenolic OH excluding ortho intramolecular Hbond substituents is 4. The first-order valence-electron chi connectivity index (χ1n) is 29.6. The van der Waals surface area contributed by atoms with Crippen molar-refractivity contribution in [2.24, 2.45) is 47.3 Å². The van der Waals surface area contributed by atoms with Crippen LogP contribution in [0.1, 0.15) is 141 Å². The van der Waals surface area contributed by atoms with Crippen LogP contribution < -0.4 is 42.5 Å². The van der Waals surface area contributed by atoms with Gasteiger partial charge in [0.2, 0.25) is 0 Å². The van der Waals surface area contributed by atoms with Gasteiger partial charge in [0, 0.05) is 6.17 Å². The van der Waals surface area contributed by atoms with Gasteiger partial charge in [-0.05, 0) is 180 Å². The molecule has 9 fully saturated rings. The van der Waals surface area contributed by atoms with Gasteiger partial charge in [-0.15, -0.1) is 5.92 Å². The summed E-state index contributed by atoms with van der Waals surface area (Å²) in [5, 5.41) is 70.5. The quantitative estimate of drug-likeness (QED) is 0.0594. The minimum atomic E-state index is 0. The van der Waals surface area contributed by atoms with Crippen LogP contribution in [0.4, 0.5) is 0 Å². The molecule has 13 heteroatoms. The molecule has 0 spiro atoms. The Bertz CT molecular complexity index is 2040. The molecule has 12 N–H and O–H groups in total. The van der Waals surface area contributed by atoms with Crippen molar-refractivity contribution in [1.29, 1.82) is 0 Å². The van der Waals surface area contributed by atoms with Gasteiger partial charge >= 0.3 is 17.1 Å². The van der Waals surface area contributed by atoms with Crippen molar-refractivity contribution in [2.45, 2.75) is 201 Å². The summed E-state index contributed by atoms with van der Waals surface area (Å²) in [6, 6.07) is 22.9. The van der Waals surface area contributed by atoms with E-state index < -0.39 is 0 Å². The normalized spacial score (nSPS) is 34.4. The Hall–Kier alpha value is -3.72. The average molecular weight is 1100 g/mol. The van der Waals surface area contributed by atoms with Crippen LogP contribution in [-0.4, -0.2) is 69.8 Å². The van der Waals surface area contributed by atoms with Crippen LogP contribution in [0.25, 0.3) is 0 Å². The first kappa shape index (κ1) is 59.4. The molecule has 0 aromatic heterocycles. The summed E-state index contributed by atoms with van der Waals surface area (Å²) in [5.41, 5.74) is 7.52. The first-order chi connectivity index (χ1) is 36.7. The standard InChI is InChI=1S/C32H55N8.4C8H10O.Cu/c1-2-10-18-17(9-1)25-33-26(18)38-28-21-13-5-6-14-22(21)30(35-28)40-32-24-16-8-7-15-23(24)31(36-32)39-29-20-12-4-3-11-19(20)27(34-29)37-25;4*1-6-4-3-5-7(2)8(6)9;/h9,17-40H,1-8,10-16H2;4*3-5,9H,1-2H3;/q-1;;;;;+1. The number of nitrogens with one attached hydrogen (secondary N) is 8. The van der Waals surface area contributed by atoms with E-state index in [4.69, 9.17) is 0 Å². The molecule has 16 atom stereocenters. The molecule has 4 aromatic rings. The Balaban J connectivity index is 0.000000170. The van der Waals surface area contributed by atoms with E-state index in [2.05, 4.69) is 49.0 Å². The molecule has 426 valence electrons. The third kappa shape index (κ3) is 13.9. The molecule has 5 saturated heterocycles. The van der Waals surface area contributed by atoms with Gasteiger partial charge in [0.1, 0.15) is 23.0 Å². The number of fused-ring (bicyclic) bond motifs is 20. The molecule has 4 aromatic carbocycles. The molecule has 13 rings (SSSR count). The predicted molar refractivity (Wildman–Crippen MR) is 307 cm³/mol. The maximum absolute atomic E-state index is 9.21. The minimum absolute atomic E-state index is 0. The first-order valence-corrected chi connectivity index (χ1v) is 29.6. The number of rotatable bonds is 0. The Labute approximate surface area is 472 Å². The summed E-state index contributed by atoms with van der Waals surface area (Å²) in [6.07, 6.45) is 26.4. The molecule has 12 nitrogen and oxygen atoms in total. The Morgan fingerprint density at radius 2 is 0.494 bits per heavy atom. The van der Waals surface area contributed by atoms with E-state index in [1.165, 1.54) is 96.3 Å². The minimum Gasteiger partial charge on any atom is -0.507 e. The van der Waals surface area contributed by atoms with Crippen molar-refractivity contribution in [1.82, 2.24) is 42.5 Å². The number of phenols is 4. The molecule has 5 heterocycles. The molecule has 77 heavy (non-hydrogen) atoms. The van der Waals surface area contributed by atoms with E-state index in [1.807, 2.05) is 128 Å². The zero-order valence-corrected chi connectivity index (χ0v) is 48.4. The van der Waals surface area contributed by atoms with Gasteiger partial charge in [0.15, 0.2) is 0 Å². The average Bonchev–Trinajstić information content (AvgIpc) is 4.24. The van der Waals surface area contributed by atoms with Crippen molar-refractivity contribution < 1.29 is 37.5 Å². The molecular weight excluding hydrogens is 1010 g/mol. The second kappa shape index (κ2) is 27.2. The molecule has 16 unspecified atom stereocenters. The van der Waals surface area contributed by atoms with Crippen LogP contribution in [0.3, 0.4) is 0 Å². The summed E-state index contributed by atoms with van der Waals surface area (Å²) in [6.45, 7) is 15.1. The summed E-state index contributed by atoms with van der Waals surface area (Å²) in [7, 11) is 0. The van der Waals surface area contributed by atoms with Crippen molar-refractivity contribution in [2.75, 3.05) is 0 Å². The Morgan fingerprint density at radius 1 is 0.299 bits per heavy atom. The third-order valence-corrected chi connectivity index (χ3v) is 19.3. The smallest absolute Gasteiger partial charge is 0.507 e. The third-order valence-electron chi connectivity index (χ3n) is 19.3. The van der Waals surface area contributed by atoms with Gasteiger partial charge in [-0.25, -0.2) is 0 Å². The maximum Gasteiger partial charge on any atom is 1.00 e. The molecule has 0 radical (unpaired) electrons. The number of aryl methyl sites for hydroxylation is 8. The van der Waals surface area contributed by atoms with E-state index in [0.29, 0.717) is 84.2 Å². The molecule has 4 aliphatic carbocycles. The van der Waals surface area contributed by atoms with Gasteiger partial charge < -0.3 is 26.8 Å². The number of hydrogen-bond donors (Lipinski definition) is 12. The number of benzene rings is 4. The van der Waals surface area contributed by atoms with Gasteiger partial charge in [0.05, 0.1) is 43.2 Å². The van der Waals surface area contributed by atoms with E-state index >= 15 is 0 Å². The largest absolute Gasteiger partial charge is 1.00 e. The van der Waals surface area contributed by atoms with Crippen LogP contribution >= 0.6 is 0 Å². The van der Waals surface area contributed by atoms with Crippen molar-refractivity contribution in [3.63, 3.8) is 0 Å². The molecule has 9 aliphatic rings. The molecule has 4 saturated carbocycles. The summed E-state index contributed by atoms with van der Waals surface area (Å²) >= 11 is 0. The maximum atomic E-state index is 9.21. The van der Waals surface area contributed by atoms with Crippen molar-refractivity contribution in [3.8, 4) is 23.0 Å². The summed E-state index contributed by atoms with van der Waals surface area (Å²) in [4.78, 5) is 0. The second-order valence-corrected chi connectivity index (χ2v) is 24.4. The van der Waals surface area contributed by atoms with Crippen LogP contribution in [0, 0.1) is 109 Å². The van der Waals surface area contributed by atoms with E-state index in [9.17, 15) is 20.4 Å². The van der Waals surface area contributed by atoms with Crippen LogP contribution in [0.5, 0.6) is 23.0 Å². The Morgan fingerprint density at radius 3 is 0.714 bits per heavy atom. The molecular formula is C64H95CuN8O4. The zero-order valence-electron chi connectivity index (χ0n) is 47.4. The van der Waals surface area contributed by atoms with Gasteiger partial charge in [-0.2, -0.15) is 6.42 Å². The van der Waals surface area contributed by atoms with Crippen molar-refractivity contribution in [3.05, 3.63) is 124 Å². The summed E-state index contributed by atoms with van der Waals surface area (Å²) in [5.74, 6) is 7.40. The molecule has 8 bridgehead atoms.